The van der Waals surface area contributed by atoms with Crippen LogP contribution in [-0.4, -0.2) is 33.4 Å². The molecule has 0 spiro atoms. The number of nitrogens with zero attached hydrogens (tertiary/aromatic N) is 2. The maximum atomic E-state index is 12.8. The number of H-pyrrole nitrogens is 1. The van der Waals surface area contributed by atoms with Crippen molar-refractivity contribution in [2.24, 2.45) is 0 Å². The van der Waals surface area contributed by atoms with Gasteiger partial charge in [0.2, 0.25) is 0 Å². The first-order chi connectivity index (χ1) is 11.6. The molecule has 0 radical (unpaired) electrons. The molecule has 1 saturated heterocycles. The minimum absolute atomic E-state index is 0.00565. The predicted molar refractivity (Wildman–Crippen MR) is 93.5 cm³/mol. The van der Waals surface area contributed by atoms with Gasteiger partial charge in [-0.05, 0) is 38.0 Å². The predicted octanol–water partition coefficient (Wildman–Crippen LogP) is 2.12. The van der Waals surface area contributed by atoms with Gasteiger partial charge in [-0.3, -0.25) is 14.4 Å². The van der Waals surface area contributed by atoms with Gasteiger partial charge in [0, 0.05) is 25.2 Å². The van der Waals surface area contributed by atoms with Crippen LogP contribution in [0.1, 0.15) is 49.4 Å². The molecular formula is C18H23N3O3. The monoisotopic (exact) mass is 329 g/mol. The molecule has 2 heterocycles. The van der Waals surface area contributed by atoms with Gasteiger partial charge in [0.05, 0.1) is 11.0 Å². The Morgan fingerprint density at radius 2 is 1.75 bits per heavy atom. The molecule has 2 aromatic rings. The number of rotatable bonds is 2. The highest BCUT2D eigenvalue weighted by molar-refractivity contribution is 5.97. The fourth-order valence-electron chi connectivity index (χ4n) is 3.36. The van der Waals surface area contributed by atoms with Crippen LogP contribution in [0.4, 0.5) is 0 Å². The molecule has 1 aliphatic rings. The number of aryl methyl sites for hydroxylation is 1. The summed E-state index contributed by atoms with van der Waals surface area (Å²) in [7, 11) is 0. The summed E-state index contributed by atoms with van der Waals surface area (Å²) >= 11 is 0. The smallest absolute Gasteiger partial charge is 0.316 e. The zero-order valence-electron chi connectivity index (χ0n) is 14.0. The van der Waals surface area contributed by atoms with Crippen molar-refractivity contribution in [2.75, 3.05) is 13.1 Å². The summed E-state index contributed by atoms with van der Waals surface area (Å²) < 4.78 is 1.43. The Morgan fingerprint density at radius 1 is 1.08 bits per heavy atom. The average Bonchev–Trinajstić information content (AvgIpc) is 2.55. The molecular weight excluding hydrogens is 306 g/mol. The van der Waals surface area contributed by atoms with Crippen molar-refractivity contribution < 1.29 is 4.79 Å². The lowest BCUT2D eigenvalue weighted by atomic mass is 10.1. The number of amides is 1. The number of hydrogen-bond acceptors (Lipinski definition) is 3. The van der Waals surface area contributed by atoms with Crippen LogP contribution in [0, 0.1) is 0 Å². The highest BCUT2D eigenvalue weighted by Crippen LogP contribution is 2.16. The van der Waals surface area contributed by atoms with Gasteiger partial charge in [0.1, 0.15) is 0 Å². The minimum atomic E-state index is -0.653. The number of nitrogens with one attached hydrogen (secondary N) is 1. The van der Waals surface area contributed by atoms with E-state index in [-0.39, 0.29) is 5.91 Å². The first kappa shape index (κ1) is 16.5. The van der Waals surface area contributed by atoms with Crippen molar-refractivity contribution in [3.8, 4) is 0 Å². The van der Waals surface area contributed by atoms with E-state index in [0.717, 1.165) is 38.8 Å². The van der Waals surface area contributed by atoms with E-state index in [2.05, 4.69) is 4.98 Å². The van der Waals surface area contributed by atoms with E-state index in [1.54, 1.807) is 18.2 Å². The molecule has 1 fully saturated rings. The second-order valence-electron chi connectivity index (χ2n) is 6.30. The second kappa shape index (κ2) is 7.03. The SMILES string of the molecule is CCn1c(=O)c(=O)[nH]c2cc(C(=O)N3CCCCCCC3)ccc21. The van der Waals surface area contributed by atoms with Gasteiger partial charge >= 0.3 is 11.1 Å². The molecule has 1 aromatic heterocycles. The molecule has 6 heteroatoms. The van der Waals surface area contributed by atoms with Crippen LogP contribution in [0.5, 0.6) is 0 Å². The van der Waals surface area contributed by atoms with Crippen LogP contribution in [0.3, 0.4) is 0 Å². The van der Waals surface area contributed by atoms with E-state index < -0.39 is 11.1 Å². The largest absolute Gasteiger partial charge is 0.339 e. The van der Waals surface area contributed by atoms with Crippen LogP contribution >= 0.6 is 0 Å². The normalized spacial score (nSPS) is 16.0. The number of aromatic nitrogens is 2. The van der Waals surface area contributed by atoms with E-state index >= 15 is 0 Å². The second-order valence-corrected chi connectivity index (χ2v) is 6.30. The lowest BCUT2D eigenvalue weighted by Crippen LogP contribution is -2.36. The van der Waals surface area contributed by atoms with Crippen LogP contribution in [-0.2, 0) is 6.54 Å². The standard InChI is InChI=1S/C18H23N3O3/c1-2-21-15-9-8-13(12-14(15)19-16(22)18(21)24)17(23)20-10-6-4-3-5-7-11-20/h8-9,12H,2-7,10-11H2,1H3,(H,19,22). The van der Waals surface area contributed by atoms with Crippen LogP contribution in [0.15, 0.2) is 27.8 Å². The average molecular weight is 329 g/mol. The fraction of sp³-hybridized carbons (Fsp3) is 0.500. The van der Waals surface area contributed by atoms with Gasteiger partial charge in [0.15, 0.2) is 0 Å². The Morgan fingerprint density at radius 3 is 2.42 bits per heavy atom. The topological polar surface area (TPSA) is 75.2 Å². The summed E-state index contributed by atoms with van der Waals surface area (Å²) in [5, 5.41) is 0. The Hall–Kier alpha value is -2.37. The summed E-state index contributed by atoms with van der Waals surface area (Å²) in [4.78, 5) is 41.0. The summed E-state index contributed by atoms with van der Waals surface area (Å²) in [6.45, 7) is 3.79. The van der Waals surface area contributed by atoms with Crippen molar-refractivity contribution in [3.05, 3.63) is 44.5 Å². The molecule has 6 nitrogen and oxygen atoms in total. The molecule has 1 amide bonds. The van der Waals surface area contributed by atoms with E-state index in [4.69, 9.17) is 0 Å². The lowest BCUT2D eigenvalue weighted by Gasteiger charge is -2.25. The van der Waals surface area contributed by atoms with Gasteiger partial charge in [-0.15, -0.1) is 0 Å². The third-order valence-electron chi connectivity index (χ3n) is 4.68. The molecule has 0 unspecified atom stereocenters. The van der Waals surface area contributed by atoms with Crippen molar-refractivity contribution in [3.63, 3.8) is 0 Å². The lowest BCUT2D eigenvalue weighted by molar-refractivity contribution is 0.0742. The molecule has 1 aliphatic heterocycles. The zero-order valence-corrected chi connectivity index (χ0v) is 14.0. The molecule has 3 rings (SSSR count). The van der Waals surface area contributed by atoms with E-state index in [0.29, 0.717) is 23.1 Å². The summed E-state index contributed by atoms with van der Waals surface area (Å²) in [5.74, 6) is -0.00565. The summed E-state index contributed by atoms with van der Waals surface area (Å²) in [6.07, 6.45) is 5.64. The van der Waals surface area contributed by atoms with Crippen molar-refractivity contribution in [1.29, 1.82) is 0 Å². The maximum Gasteiger partial charge on any atom is 0.316 e. The number of aromatic amines is 1. The van der Waals surface area contributed by atoms with Gasteiger partial charge in [-0.2, -0.15) is 0 Å². The van der Waals surface area contributed by atoms with Crippen LogP contribution in [0.25, 0.3) is 11.0 Å². The van der Waals surface area contributed by atoms with Gasteiger partial charge < -0.3 is 14.5 Å². The molecule has 0 saturated carbocycles. The Balaban J connectivity index is 1.98. The number of carbonyl (C=O) groups is 1. The fourth-order valence-corrected chi connectivity index (χ4v) is 3.36. The van der Waals surface area contributed by atoms with Crippen molar-refractivity contribution >= 4 is 16.9 Å². The molecule has 0 aliphatic carbocycles. The number of fused-ring (bicyclic) bond motifs is 1. The molecule has 24 heavy (non-hydrogen) atoms. The number of likely N-dealkylation sites (tertiary alicyclic amines) is 1. The molecule has 128 valence electrons. The Bertz CT molecular complexity index is 858. The highest BCUT2D eigenvalue weighted by Gasteiger charge is 2.17. The molecule has 0 bridgehead atoms. The summed E-state index contributed by atoms with van der Waals surface area (Å²) in [6, 6.07) is 5.17. The number of benzene rings is 1. The van der Waals surface area contributed by atoms with Gasteiger partial charge in [0.25, 0.3) is 5.91 Å². The summed E-state index contributed by atoms with van der Waals surface area (Å²) in [5.41, 5.74) is 0.513. The Kier molecular flexibility index (Phi) is 4.83. The van der Waals surface area contributed by atoms with E-state index in [1.165, 1.54) is 11.0 Å². The third kappa shape index (κ3) is 3.13. The van der Waals surface area contributed by atoms with Crippen LogP contribution in [0.2, 0.25) is 0 Å². The quantitative estimate of drug-likeness (QED) is 0.858. The van der Waals surface area contributed by atoms with Gasteiger partial charge in [-0.25, -0.2) is 0 Å². The zero-order chi connectivity index (χ0) is 17.1. The van der Waals surface area contributed by atoms with Gasteiger partial charge in [-0.1, -0.05) is 19.3 Å². The Labute approximate surface area is 140 Å². The maximum absolute atomic E-state index is 12.8. The minimum Gasteiger partial charge on any atom is -0.339 e. The number of hydrogen-bond donors (Lipinski definition) is 1. The number of carbonyl (C=O) groups excluding carboxylic acids is 1. The molecule has 1 N–H and O–H groups in total. The molecule has 0 atom stereocenters. The first-order valence-electron chi connectivity index (χ1n) is 8.68. The third-order valence-corrected chi connectivity index (χ3v) is 4.68. The molecule has 1 aromatic carbocycles. The van der Waals surface area contributed by atoms with Crippen LogP contribution < -0.4 is 11.1 Å². The first-order valence-corrected chi connectivity index (χ1v) is 8.68. The highest BCUT2D eigenvalue weighted by atomic mass is 16.2. The van der Waals surface area contributed by atoms with Crippen molar-refractivity contribution in [2.45, 2.75) is 45.6 Å². The van der Waals surface area contributed by atoms with E-state index in [1.807, 2.05) is 11.8 Å². The van der Waals surface area contributed by atoms with E-state index in [9.17, 15) is 14.4 Å². The van der Waals surface area contributed by atoms with Crippen molar-refractivity contribution in [1.82, 2.24) is 14.5 Å².